The minimum absolute atomic E-state index is 0.645. The normalized spacial score (nSPS) is 21.7. The number of hydrogen-bond donors (Lipinski definition) is 1. The average Bonchev–Trinajstić information content (AvgIpc) is 2.53. The molecule has 2 nitrogen and oxygen atoms in total. The number of aliphatic carboxylic acids is 1. The summed E-state index contributed by atoms with van der Waals surface area (Å²) in [6, 6.07) is 6.90. The van der Waals surface area contributed by atoms with Gasteiger partial charge >= 0.3 is 5.97 Å². The molecule has 0 spiro atoms. The number of rotatable bonds is 5. The molecule has 0 unspecified atom stereocenters. The Bertz CT molecular complexity index is 720. The molecule has 0 amide bonds. The summed E-state index contributed by atoms with van der Waals surface area (Å²) in [6.07, 6.45) is 9.57. The van der Waals surface area contributed by atoms with Crippen molar-refractivity contribution in [1.82, 2.24) is 0 Å². The molecule has 2 heteroatoms. The third-order valence-corrected chi connectivity index (χ3v) is 5.24. The molecule has 1 aliphatic carbocycles. The Kier molecular flexibility index (Phi) is 6.41. The molecule has 134 valence electrons. The van der Waals surface area contributed by atoms with Gasteiger partial charge in [-0.15, -0.1) is 0 Å². The van der Waals surface area contributed by atoms with Crippen LogP contribution in [0, 0.1) is 5.92 Å². The maximum absolute atomic E-state index is 10.7. The van der Waals surface area contributed by atoms with Crippen LogP contribution in [0.15, 0.2) is 48.1 Å². The zero-order valence-corrected chi connectivity index (χ0v) is 16.0. The fourth-order valence-electron chi connectivity index (χ4n) is 3.71. The van der Waals surface area contributed by atoms with Crippen LogP contribution in [0.3, 0.4) is 0 Å². The summed E-state index contributed by atoms with van der Waals surface area (Å²) >= 11 is 0. The predicted molar refractivity (Wildman–Crippen MR) is 106 cm³/mol. The zero-order valence-electron chi connectivity index (χ0n) is 16.0. The number of allylic oxidation sites excluding steroid dienone is 5. The lowest BCUT2D eigenvalue weighted by Gasteiger charge is -2.32. The standard InChI is InChI=1S/C23H30O2/c1-15(2)20-11-9-18(5)21-12-10-19(14-22(20)21)17(4)8-6-7-16(3)13-23(24)25/h6-8,10,12-15,18,20H,9,11H2,1-5H3,(H,24,25)/b7-6+,16-13+,17-8+/t18-,20+/m1/s1. The SMILES string of the molecule is CC(/C=C/C=C(\C)c1ccc2c(c1)[C@H](C(C)C)CC[C@H]2C)=C\C(=O)O. The summed E-state index contributed by atoms with van der Waals surface area (Å²) in [7, 11) is 0. The van der Waals surface area contributed by atoms with Gasteiger partial charge in [0, 0.05) is 6.08 Å². The number of fused-ring (bicyclic) bond motifs is 1. The molecule has 1 N–H and O–H groups in total. The lowest BCUT2D eigenvalue weighted by molar-refractivity contribution is -0.131. The smallest absolute Gasteiger partial charge is 0.328 e. The van der Waals surface area contributed by atoms with E-state index in [1.807, 2.05) is 12.2 Å². The summed E-state index contributed by atoms with van der Waals surface area (Å²) in [5.74, 6) is 1.04. The Labute approximate surface area is 152 Å². The molecule has 1 aromatic carbocycles. The van der Waals surface area contributed by atoms with Crippen LogP contribution in [0.4, 0.5) is 0 Å². The van der Waals surface area contributed by atoms with E-state index in [2.05, 4.69) is 52.0 Å². The molecule has 0 fully saturated rings. The highest BCUT2D eigenvalue weighted by Gasteiger charge is 2.26. The van der Waals surface area contributed by atoms with Gasteiger partial charge in [-0.25, -0.2) is 4.79 Å². The zero-order chi connectivity index (χ0) is 18.6. The van der Waals surface area contributed by atoms with E-state index in [-0.39, 0.29) is 0 Å². The quantitative estimate of drug-likeness (QED) is 0.504. The van der Waals surface area contributed by atoms with Crippen molar-refractivity contribution in [3.05, 3.63) is 64.8 Å². The van der Waals surface area contributed by atoms with Gasteiger partial charge in [0.1, 0.15) is 0 Å². The Hall–Kier alpha value is -2.09. The van der Waals surface area contributed by atoms with Gasteiger partial charge in [-0.3, -0.25) is 0 Å². The Morgan fingerprint density at radius 1 is 1.20 bits per heavy atom. The van der Waals surface area contributed by atoms with Crippen LogP contribution in [0.25, 0.3) is 5.57 Å². The second kappa shape index (κ2) is 8.33. The van der Waals surface area contributed by atoms with Crippen LogP contribution in [-0.2, 0) is 4.79 Å². The van der Waals surface area contributed by atoms with Crippen LogP contribution in [0.5, 0.6) is 0 Å². The fraction of sp³-hybridized carbons (Fsp3) is 0.435. The summed E-state index contributed by atoms with van der Waals surface area (Å²) in [6.45, 7) is 10.9. The first-order valence-corrected chi connectivity index (χ1v) is 9.20. The van der Waals surface area contributed by atoms with Crippen molar-refractivity contribution in [2.75, 3.05) is 0 Å². The van der Waals surface area contributed by atoms with Crippen LogP contribution in [0.1, 0.15) is 76.0 Å². The summed E-state index contributed by atoms with van der Waals surface area (Å²) < 4.78 is 0. The van der Waals surface area contributed by atoms with Crippen LogP contribution in [0.2, 0.25) is 0 Å². The lowest BCUT2D eigenvalue weighted by atomic mass is 9.72. The second-order valence-electron chi connectivity index (χ2n) is 7.61. The molecular formula is C23H30O2. The number of carboxylic acid groups (broad SMARTS) is 1. The topological polar surface area (TPSA) is 37.3 Å². The van der Waals surface area contributed by atoms with Crippen molar-refractivity contribution in [2.45, 2.75) is 59.3 Å². The molecule has 0 saturated heterocycles. The first-order valence-electron chi connectivity index (χ1n) is 9.20. The maximum atomic E-state index is 10.7. The van der Waals surface area contributed by atoms with Crippen molar-refractivity contribution in [2.24, 2.45) is 5.92 Å². The molecule has 0 aliphatic heterocycles. The maximum Gasteiger partial charge on any atom is 0.328 e. The van der Waals surface area contributed by atoms with E-state index in [1.54, 1.807) is 6.92 Å². The Morgan fingerprint density at radius 2 is 1.92 bits per heavy atom. The number of benzene rings is 1. The highest BCUT2D eigenvalue weighted by Crippen LogP contribution is 2.43. The van der Waals surface area contributed by atoms with Gasteiger partial charge in [-0.05, 0) is 72.3 Å². The average molecular weight is 338 g/mol. The molecule has 25 heavy (non-hydrogen) atoms. The number of carbonyl (C=O) groups is 1. The molecule has 0 heterocycles. The van der Waals surface area contributed by atoms with Crippen molar-refractivity contribution in [1.29, 1.82) is 0 Å². The molecular weight excluding hydrogens is 308 g/mol. The van der Waals surface area contributed by atoms with E-state index in [0.29, 0.717) is 17.8 Å². The van der Waals surface area contributed by atoms with Crippen LogP contribution in [-0.4, -0.2) is 11.1 Å². The number of hydrogen-bond acceptors (Lipinski definition) is 1. The van der Waals surface area contributed by atoms with E-state index in [0.717, 1.165) is 5.57 Å². The second-order valence-corrected chi connectivity index (χ2v) is 7.61. The highest BCUT2D eigenvalue weighted by atomic mass is 16.4. The van der Waals surface area contributed by atoms with E-state index in [4.69, 9.17) is 5.11 Å². The third kappa shape index (κ3) is 4.94. The predicted octanol–water partition coefficient (Wildman–Crippen LogP) is 6.31. The van der Waals surface area contributed by atoms with Crippen molar-refractivity contribution in [3.8, 4) is 0 Å². The molecule has 0 radical (unpaired) electrons. The third-order valence-electron chi connectivity index (χ3n) is 5.24. The first kappa shape index (κ1) is 19.2. The van der Waals surface area contributed by atoms with Crippen molar-refractivity contribution in [3.63, 3.8) is 0 Å². The monoisotopic (exact) mass is 338 g/mol. The van der Waals surface area contributed by atoms with E-state index in [1.165, 1.54) is 41.2 Å². The van der Waals surface area contributed by atoms with Gasteiger partial charge < -0.3 is 5.11 Å². The lowest BCUT2D eigenvalue weighted by Crippen LogP contribution is -2.17. The van der Waals surface area contributed by atoms with Gasteiger partial charge in [0.25, 0.3) is 0 Å². The molecule has 0 aromatic heterocycles. The molecule has 0 saturated carbocycles. The highest BCUT2D eigenvalue weighted by molar-refractivity contribution is 5.81. The molecule has 1 aliphatic rings. The van der Waals surface area contributed by atoms with E-state index >= 15 is 0 Å². The molecule has 2 rings (SSSR count). The summed E-state index contributed by atoms with van der Waals surface area (Å²) in [5, 5.41) is 8.75. The summed E-state index contributed by atoms with van der Waals surface area (Å²) in [4.78, 5) is 10.7. The fourth-order valence-corrected chi connectivity index (χ4v) is 3.71. The van der Waals surface area contributed by atoms with Gasteiger partial charge in [0.2, 0.25) is 0 Å². The van der Waals surface area contributed by atoms with Gasteiger partial charge in [-0.1, -0.05) is 57.2 Å². The van der Waals surface area contributed by atoms with Crippen molar-refractivity contribution >= 4 is 11.5 Å². The molecule has 2 atom stereocenters. The largest absolute Gasteiger partial charge is 0.478 e. The van der Waals surface area contributed by atoms with Gasteiger partial charge in [-0.2, -0.15) is 0 Å². The summed E-state index contributed by atoms with van der Waals surface area (Å²) in [5.41, 5.74) is 6.21. The van der Waals surface area contributed by atoms with Gasteiger partial charge in [0.15, 0.2) is 0 Å². The van der Waals surface area contributed by atoms with E-state index in [9.17, 15) is 4.79 Å². The van der Waals surface area contributed by atoms with Crippen LogP contribution < -0.4 is 0 Å². The minimum atomic E-state index is -0.911. The Balaban J connectivity index is 2.28. The van der Waals surface area contributed by atoms with Gasteiger partial charge in [0.05, 0.1) is 0 Å². The Morgan fingerprint density at radius 3 is 2.56 bits per heavy atom. The first-order chi connectivity index (χ1) is 11.8. The molecule has 0 bridgehead atoms. The molecule has 1 aromatic rings. The minimum Gasteiger partial charge on any atom is -0.478 e. The number of carboxylic acids is 1. The van der Waals surface area contributed by atoms with Crippen LogP contribution >= 0.6 is 0 Å². The van der Waals surface area contributed by atoms with Crippen molar-refractivity contribution < 1.29 is 9.90 Å². The van der Waals surface area contributed by atoms with E-state index < -0.39 is 5.97 Å².